The maximum Gasteiger partial charge on any atom is 0.243 e. The molecule has 1 aromatic heterocycles. The van der Waals surface area contributed by atoms with Crippen molar-refractivity contribution in [2.75, 3.05) is 12.3 Å². The Labute approximate surface area is 215 Å². The molecule has 5 N–H and O–H groups in total. The van der Waals surface area contributed by atoms with Gasteiger partial charge in [0.25, 0.3) is 0 Å². The van der Waals surface area contributed by atoms with Crippen LogP contribution in [0.1, 0.15) is 35.4 Å². The van der Waals surface area contributed by atoms with Crippen molar-refractivity contribution in [1.29, 1.82) is 0 Å². The molecule has 2 amide bonds. The highest BCUT2D eigenvalue weighted by molar-refractivity contribution is 5.91. The number of hydrogen-bond acceptors (Lipinski definition) is 6. The Hall–Kier alpha value is -4.17. The molecule has 8 nitrogen and oxygen atoms in total. The third kappa shape index (κ3) is 5.49. The predicted octanol–water partition coefficient (Wildman–Crippen LogP) is 3.37. The van der Waals surface area contributed by atoms with Gasteiger partial charge in [-0.1, -0.05) is 71.9 Å². The minimum atomic E-state index is -0.677. The summed E-state index contributed by atoms with van der Waals surface area (Å²) in [7, 11) is 0. The van der Waals surface area contributed by atoms with Gasteiger partial charge >= 0.3 is 0 Å². The van der Waals surface area contributed by atoms with E-state index in [1.807, 2.05) is 78.9 Å². The first-order chi connectivity index (χ1) is 18.0. The van der Waals surface area contributed by atoms with E-state index in [0.717, 1.165) is 22.1 Å². The fourth-order valence-electron chi connectivity index (χ4n) is 5.02. The highest BCUT2D eigenvalue weighted by atomic mass is 16.5. The number of carbonyl (C=O) groups is 2. The first-order valence-electron chi connectivity index (χ1n) is 12.6. The number of nitrogens with one attached hydrogen (secondary N) is 1. The second-order valence-corrected chi connectivity index (χ2v) is 9.60. The van der Waals surface area contributed by atoms with Crippen LogP contribution < -0.4 is 16.8 Å². The fourth-order valence-corrected chi connectivity index (χ4v) is 5.02. The van der Waals surface area contributed by atoms with Crippen LogP contribution in [0, 0.1) is 0 Å². The molecule has 1 saturated heterocycles. The zero-order valence-electron chi connectivity index (χ0n) is 20.5. The van der Waals surface area contributed by atoms with Crippen LogP contribution in [-0.4, -0.2) is 40.5 Å². The van der Waals surface area contributed by atoms with Crippen molar-refractivity contribution in [3.8, 4) is 0 Å². The van der Waals surface area contributed by atoms with Gasteiger partial charge in [0.2, 0.25) is 11.8 Å². The molecule has 0 radical (unpaired) electrons. The molecule has 0 saturated carbocycles. The van der Waals surface area contributed by atoms with Crippen LogP contribution in [0.5, 0.6) is 0 Å². The van der Waals surface area contributed by atoms with Gasteiger partial charge in [-0.25, -0.2) is 0 Å². The summed E-state index contributed by atoms with van der Waals surface area (Å²) in [5.41, 5.74) is 15.8. The van der Waals surface area contributed by atoms with E-state index in [2.05, 4.69) is 10.5 Å². The van der Waals surface area contributed by atoms with Crippen molar-refractivity contribution >= 4 is 28.6 Å². The SMILES string of the molecule is Nc1noc2cc(CNC(=O)C3CC(c4ccccc4)CN3C(=O)C(N)CCc3ccccc3)ccc12. The van der Waals surface area contributed by atoms with E-state index in [1.54, 1.807) is 4.90 Å². The molecule has 190 valence electrons. The van der Waals surface area contributed by atoms with Crippen LogP contribution in [0.15, 0.2) is 83.4 Å². The number of fused-ring (bicyclic) bond motifs is 1. The van der Waals surface area contributed by atoms with Gasteiger partial charge in [-0.15, -0.1) is 0 Å². The molecule has 0 aliphatic carbocycles. The number of nitrogen functional groups attached to an aromatic ring is 1. The van der Waals surface area contributed by atoms with Gasteiger partial charge in [-0.2, -0.15) is 0 Å². The zero-order chi connectivity index (χ0) is 25.8. The third-order valence-corrected chi connectivity index (χ3v) is 7.09. The van der Waals surface area contributed by atoms with E-state index >= 15 is 0 Å². The van der Waals surface area contributed by atoms with Gasteiger partial charge in [0.05, 0.1) is 11.4 Å². The molecule has 3 atom stereocenters. The highest BCUT2D eigenvalue weighted by Gasteiger charge is 2.41. The molecule has 2 heterocycles. The van der Waals surface area contributed by atoms with Crippen molar-refractivity contribution in [2.24, 2.45) is 5.73 Å². The van der Waals surface area contributed by atoms with Crippen molar-refractivity contribution in [1.82, 2.24) is 15.4 Å². The largest absolute Gasteiger partial charge is 0.380 e. The summed E-state index contributed by atoms with van der Waals surface area (Å²) in [6.45, 7) is 0.757. The van der Waals surface area contributed by atoms with Gasteiger partial charge in [0, 0.05) is 19.0 Å². The lowest BCUT2D eigenvalue weighted by atomic mass is 9.96. The standard InChI is InChI=1S/C29H31N5O3/c30-24(14-12-19-7-3-1-4-8-19)29(36)34-18-22(21-9-5-2-6-10-21)16-25(34)28(35)32-17-20-11-13-23-26(15-20)37-33-27(23)31/h1-11,13,15,22,24-25H,12,14,16-18,30H2,(H2,31,33)(H,32,35). The second-order valence-electron chi connectivity index (χ2n) is 9.60. The molecule has 37 heavy (non-hydrogen) atoms. The van der Waals surface area contributed by atoms with Crippen molar-refractivity contribution in [3.63, 3.8) is 0 Å². The van der Waals surface area contributed by atoms with Gasteiger partial charge in [0.1, 0.15) is 6.04 Å². The van der Waals surface area contributed by atoms with Crippen LogP contribution in [-0.2, 0) is 22.6 Å². The summed E-state index contributed by atoms with van der Waals surface area (Å²) in [6.07, 6.45) is 1.77. The lowest BCUT2D eigenvalue weighted by molar-refractivity contribution is -0.139. The Morgan fingerprint density at radius 2 is 1.76 bits per heavy atom. The van der Waals surface area contributed by atoms with E-state index in [1.165, 1.54) is 0 Å². The molecule has 8 heteroatoms. The average Bonchev–Trinajstić information content (AvgIpc) is 3.55. The molecule has 5 rings (SSSR count). The quantitative estimate of drug-likeness (QED) is 0.343. The van der Waals surface area contributed by atoms with E-state index in [4.69, 9.17) is 16.0 Å². The summed E-state index contributed by atoms with van der Waals surface area (Å²) in [6, 6.07) is 24.2. The molecule has 4 aromatic rings. The summed E-state index contributed by atoms with van der Waals surface area (Å²) >= 11 is 0. The molecular weight excluding hydrogens is 466 g/mol. The lowest BCUT2D eigenvalue weighted by Crippen LogP contribution is -2.51. The normalized spacial score (nSPS) is 18.1. The monoisotopic (exact) mass is 497 g/mol. The maximum atomic E-state index is 13.5. The molecule has 3 aromatic carbocycles. The molecule has 0 bridgehead atoms. The fraction of sp³-hybridized carbons (Fsp3) is 0.276. The number of amides is 2. The Kier molecular flexibility index (Phi) is 7.18. The number of nitrogens with two attached hydrogens (primary N) is 2. The number of likely N-dealkylation sites (tertiary alicyclic amines) is 1. The summed E-state index contributed by atoms with van der Waals surface area (Å²) in [5.74, 6) is 0.0179. The molecule has 1 fully saturated rings. The number of rotatable bonds is 8. The van der Waals surface area contributed by atoms with E-state index in [0.29, 0.717) is 43.8 Å². The number of aryl methyl sites for hydroxylation is 1. The smallest absolute Gasteiger partial charge is 0.243 e. The van der Waals surface area contributed by atoms with Gasteiger partial charge in [0.15, 0.2) is 11.4 Å². The van der Waals surface area contributed by atoms with Gasteiger partial charge < -0.3 is 26.2 Å². The number of aromatic nitrogens is 1. The van der Waals surface area contributed by atoms with Gasteiger partial charge in [-0.3, -0.25) is 9.59 Å². The Bertz CT molecular complexity index is 1370. The average molecular weight is 498 g/mol. The van der Waals surface area contributed by atoms with Crippen LogP contribution in [0.3, 0.4) is 0 Å². The Morgan fingerprint density at radius 3 is 2.51 bits per heavy atom. The van der Waals surface area contributed by atoms with Crippen molar-refractivity contribution in [3.05, 3.63) is 95.6 Å². The number of anilines is 1. The topological polar surface area (TPSA) is 127 Å². The molecule has 1 aliphatic heterocycles. The predicted molar refractivity (Wildman–Crippen MR) is 142 cm³/mol. The number of hydrogen-bond donors (Lipinski definition) is 3. The molecular formula is C29H31N5O3. The first-order valence-corrected chi connectivity index (χ1v) is 12.6. The van der Waals surface area contributed by atoms with Crippen molar-refractivity contribution in [2.45, 2.75) is 43.8 Å². The summed E-state index contributed by atoms with van der Waals surface area (Å²) in [5, 5.41) is 7.51. The van der Waals surface area contributed by atoms with Crippen LogP contribution >= 0.6 is 0 Å². The number of benzene rings is 3. The van der Waals surface area contributed by atoms with Crippen LogP contribution in [0.4, 0.5) is 5.82 Å². The highest BCUT2D eigenvalue weighted by Crippen LogP contribution is 2.32. The van der Waals surface area contributed by atoms with Crippen LogP contribution in [0.2, 0.25) is 0 Å². The Balaban J connectivity index is 1.28. The summed E-state index contributed by atoms with van der Waals surface area (Å²) in [4.78, 5) is 28.5. The molecule has 3 unspecified atom stereocenters. The number of carbonyl (C=O) groups excluding carboxylic acids is 2. The minimum absolute atomic E-state index is 0.0655. The maximum absolute atomic E-state index is 13.5. The first kappa shape index (κ1) is 24.5. The lowest BCUT2D eigenvalue weighted by Gasteiger charge is -2.27. The number of nitrogens with zero attached hydrogens (tertiary/aromatic N) is 2. The molecule has 1 aliphatic rings. The Morgan fingerprint density at radius 1 is 1.03 bits per heavy atom. The van der Waals surface area contributed by atoms with E-state index in [9.17, 15) is 9.59 Å². The summed E-state index contributed by atoms with van der Waals surface area (Å²) < 4.78 is 5.23. The molecule has 0 spiro atoms. The van der Waals surface area contributed by atoms with Crippen LogP contribution in [0.25, 0.3) is 11.0 Å². The van der Waals surface area contributed by atoms with E-state index in [-0.39, 0.29) is 17.7 Å². The van der Waals surface area contributed by atoms with E-state index < -0.39 is 12.1 Å². The second kappa shape index (κ2) is 10.8. The van der Waals surface area contributed by atoms with Gasteiger partial charge in [-0.05, 0) is 48.1 Å². The minimum Gasteiger partial charge on any atom is -0.380 e. The van der Waals surface area contributed by atoms with Crippen molar-refractivity contribution < 1.29 is 14.1 Å². The zero-order valence-corrected chi connectivity index (χ0v) is 20.5. The third-order valence-electron chi connectivity index (χ3n) is 7.09.